The number of carbonyl (C=O) groups excluding carboxylic acids is 1. The van der Waals surface area contributed by atoms with Crippen LogP contribution in [0.4, 0.5) is 0 Å². The Morgan fingerprint density at radius 1 is 1.10 bits per heavy atom. The zero-order valence-corrected chi connectivity index (χ0v) is 17.1. The van der Waals surface area contributed by atoms with E-state index in [1.165, 1.54) is 7.11 Å². The van der Waals surface area contributed by atoms with Crippen LogP contribution in [0.15, 0.2) is 60.7 Å². The van der Waals surface area contributed by atoms with Crippen molar-refractivity contribution in [2.75, 3.05) is 7.11 Å². The summed E-state index contributed by atoms with van der Waals surface area (Å²) in [7, 11) is 1.53. The Hall–Kier alpha value is -3.49. The largest absolute Gasteiger partial charge is 0.479 e. The Labute approximate surface area is 179 Å². The lowest BCUT2D eigenvalue weighted by molar-refractivity contribution is -0.147. The molecule has 1 aromatic heterocycles. The van der Waals surface area contributed by atoms with Crippen LogP contribution in [0, 0.1) is 0 Å². The molecule has 0 fully saturated rings. The maximum atomic E-state index is 12.6. The van der Waals surface area contributed by atoms with Crippen molar-refractivity contribution >= 4 is 11.9 Å². The molecule has 0 saturated carbocycles. The Balaban J connectivity index is 1.72. The number of carbonyl (C=O) groups is 2. The van der Waals surface area contributed by atoms with Crippen LogP contribution in [0.5, 0.6) is 0 Å². The van der Waals surface area contributed by atoms with Crippen molar-refractivity contribution in [1.29, 1.82) is 0 Å². The van der Waals surface area contributed by atoms with E-state index in [-0.39, 0.29) is 18.7 Å². The number of aliphatic hydroxyl groups excluding tert-OH is 1. The average Bonchev–Trinajstić information content (AvgIpc) is 3.24. The number of methoxy groups -OCH3 is 1. The number of hydrogen-bond acceptors (Lipinski definition) is 5. The van der Waals surface area contributed by atoms with Gasteiger partial charge in [-0.3, -0.25) is 9.89 Å². The molecule has 162 valence electrons. The fourth-order valence-electron chi connectivity index (χ4n) is 3.28. The molecular weight excluding hydrogens is 398 g/mol. The number of carboxylic acid groups (broad SMARTS) is 1. The van der Waals surface area contributed by atoms with Crippen LogP contribution in [0.2, 0.25) is 0 Å². The number of nitrogens with zero attached hydrogens (tertiary/aromatic N) is 1. The van der Waals surface area contributed by atoms with Crippen molar-refractivity contribution in [2.24, 2.45) is 0 Å². The van der Waals surface area contributed by atoms with Crippen molar-refractivity contribution in [3.05, 3.63) is 77.6 Å². The van der Waals surface area contributed by atoms with E-state index >= 15 is 0 Å². The third-order valence-corrected chi connectivity index (χ3v) is 4.83. The lowest BCUT2D eigenvalue weighted by Crippen LogP contribution is -2.40. The summed E-state index contributed by atoms with van der Waals surface area (Å²) in [5.41, 5.74) is 3.86. The summed E-state index contributed by atoms with van der Waals surface area (Å²) < 4.78 is 5.00. The molecule has 0 aliphatic rings. The summed E-state index contributed by atoms with van der Waals surface area (Å²) in [6, 6.07) is 18.7. The van der Waals surface area contributed by atoms with Crippen LogP contribution in [-0.2, 0) is 22.6 Å². The highest BCUT2D eigenvalue weighted by molar-refractivity contribution is 5.92. The second-order valence-electron chi connectivity index (χ2n) is 7.24. The molecule has 4 N–H and O–H groups in total. The lowest BCUT2D eigenvalue weighted by atomic mass is 9.97. The predicted molar refractivity (Wildman–Crippen MR) is 114 cm³/mol. The summed E-state index contributed by atoms with van der Waals surface area (Å²) in [6.07, 6.45) is -1.35. The maximum Gasteiger partial charge on any atom is 0.332 e. The quantitative estimate of drug-likeness (QED) is 0.397. The Morgan fingerprint density at radius 3 is 2.42 bits per heavy atom. The zero-order chi connectivity index (χ0) is 22.2. The van der Waals surface area contributed by atoms with Gasteiger partial charge in [0, 0.05) is 19.6 Å². The van der Waals surface area contributed by atoms with Crippen LogP contribution >= 0.6 is 0 Å². The highest BCUT2D eigenvalue weighted by Crippen LogP contribution is 2.20. The van der Waals surface area contributed by atoms with Crippen molar-refractivity contribution in [1.82, 2.24) is 15.5 Å². The number of ether oxygens (including phenoxy) is 1. The highest BCUT2D eigenvalue weighted by Gasteiger charge is 2.23. The number of nitrogens with one attached hydrogen (secondary N) is 2. The fraction of sp³-hybridized carbons (Fsp3) is 0.261. The molecule has 0 saturated heterocycles. The number of aliphatic carboxylic acids is 1. The number of H-pyrrole nitrogens is 1. The monoisotopic (exact) mass is 423 g/mol. The van der Waals surface area contributed by atoms with E-state index in [1.807, 2.05) is 54.6 Å². The lowest BCUT2D eigenvalue weighted by Gasteiger charge is -2.20. The molecule has 8 nitrogen and oxygen atoms in total. The van der Waals surface area contributed by atoms with Crippen molar-refractivity contribution in [3.63, 3.8) is 0 Å². The van der Waals surface area contributed by atoms with Gasteiger partial charge >= 0.3 is 5.97 Å². The van der Waals surface area contributed by atoms with Crippen molar-refractivity contribution in [2.45, 2.75) is 31.6 Å². The smallest absolute Gasteiger partial charge is 0.332 e. The molecule has 2 aromatic carbocycles. The summed E-state index contributed by atoms with van der Waals surface area (Å²) >= 11 is 0. The minimum atomic E-state index is -1.59. The molecule has 0 bridgehead atoms. The normalized spacial score (nSPS) is 12.8. The first-order valence-corrected chi connectivity index (χ1v) is 9.85. The van der Waals surface area contributed by atoms with Gasteiger partial charge in [0.05, 0.1) is 12.3 Å². The molecule has 1 heterocycles. The third kappa shape index (κ3) is 6.24. The second-order valence-corrected chi connectivity index (χ2v) is 7.24. The number of aliphatic hydroxyl groups is 1. The molecule has 3 aromatic rings. The summed E-state index contributed by atoms with van der Waals surface area (Å²) in [6.45, 7) is 0.287. The molecule has 2 atom stereocenters. The Bertz CT molecular complexity index is 1000. The van der Waals surface area contributed by atoms with E-state index in [2.05, 4.69) is 15.5 Å². The van der Waals surface area contributed by atoms with Gasteiger partial charge in [0.1, 0.15) is 5.69 Å². The van der Waals surface area contributed by atoms with E-state index in [0.717, 1.165) is 16.7 Å². The van der Waals surface area contributed by atoms with Gasteiger partial charge in [-0.25, -0.2) is 4.79 Å². The van der Waals surface area contributed by atoms with Gasteiger partial charge in [-0.05, 0) is 29.2 Å². The fourth-order valence-corrected chi connectivity index (χ4v) is 3.28. The Morgan fingerprint density at radius 2 is 1.77 bits per heavy atom. The van der Waals surface area contributed by atoms with Crippen LogP contribution in [-0.4, -0.2) is 51.5 Å². The minimum absolute atomic E-state index is 0.128. The van der Waals surface area contributed by atoms with Crippen LogP contribution in [0.3, 0.4) is 0 Å². The summed E-state index contributed by atoms with van der Waals surface area (Å²) in [4.78, 5) is 23.7. The summed E-state index contributed by atoms with van der Waals surface area (Å²) in [5, 5.41) is 28.4. The van der Waals surface area contributed by atoms with Gasteiger partial charge in [0.25, 0.3) is 5.91 Å². The van der Waals surface area contributed by atoms with E-state index in [9.17, 15) is 14.7 Å². The number of rotatable bonds is 10. The number of aromatic nitrogens is 2. The van der Waals surface area contributed by atoms with E-state index in [1.54, 1.807) is 6.07 Å². The molecule has 31 heavy (non-hydrogen) atoms. The summed E-state index contributed by atoms with van der Waals surface area (Å²) in [5.74, 6) is -1.79. The van der Waals surface area contributed by atoms with Gasteiger partial charge in [-0.2, -0.15) is 5.10 Å². The number of hydrogen-bond donors (Lipinski definition) is 4. The van der Waals surface area contributed by atoms with Crippen molar-refractivity contribution < 1.29 is 24.5 Å². The van der Waals surface area contributed by atoms with Crippen LogP contribution in [0.25, 0.3) is 11.1 Å². The van der Waals surface area contributed by atoms with E-state index in [0.29, 0.717) is 12.1 Å². The maximum absolute atomic E-state index is 12.6. The highest BCUT2D eigenvalue weighted by atomic mass is 16.5. The van der Waals surface area contributed by atoms with Gasteiger partial charge in [-0.1, -0.05) is 54.6 Å². The molecule has 0 aliphatic carbocycles. The minimum Gasteiger partial charge on any atom is -0.479 e. The SMILES string of the molecule is COCc1cc(C(=O)N[C@H](Cc2ccc(-c3ccccc3)cc2)C[C@@H](O)C(=O)O)n[nH]1. The third-order valence-electron chi connectivity index (χ3n) is 4.83. The molecule has 8 heteroatoms. The molecule has 0 spiro atoms. The van der Waals surface area contributed by atoms with Crippen LogP contribution in [0.1, 0.15) is 28.2 Å². The molecule has 0 aliphatic heterocycles. The van der Waals surface area contributed by atoms with E-state index < -0.39 is 24.0 Å². The van der Waals surface area contributed by atoms with E-state index in [4.69, 9.17) is 9.84 Å². The molecule has 0 unspecified atom stereocenters. The zero-order valence-electron chi connectivity index (χ0n) is 17.1. The van der Waals surface area contributed by atoms with Gasteiger partial charge in [-0.15, -0.1) is 0 Å². The average molecular weight is 423 g/mol. The van der Waals surface area contributed by atoms with Crippen molar-refractivity contribution in [3.8, 4) is 11.1 Å². The van der Waals surface area contributed by atoms with Gasteiger partial charge in [0.2, 0.25) is 0 Å². The molecule has 3 rings (SSSR count). The van der Waals surface area contributed by atoms with Gasteiger partial charge < -0.3 is 20.3 Å². The second kappa shape index (κ2) is 10.5. The number of aromatic amines is 1. The number of carboxylic acids is 1. The Kier molecular flexibility index (Phi) is 7.53. The first kappa shape index (κ1) is 22.2. The molecule has 1 amide bonds. The predicted octanol–water partition coefficient (Wildman–Crippen LogP) is 2.40. The molecular formula is C23H25N3O5. The van der Waals surface area contributed by atoms with Crippen LogP contribution < -0.4 is 5.32 Å². The van der Waals surface area contributed by atoms with Gasteiger partial charge in [0.15, 0.2) is 6.10 Å². The number of amides is 1. The topological polar surface area (TPSA) is 125 Å². The standard InChI is InChI=1S/C23H25N3O5/c1-31-14-19-12-20(26-25-19)22(28)24-18(13-21(27)23(29)30)11-15-7-9-17(10-8-15)16-5-3-2-4-6-16/h2-10,12,18,21,27H,11,13-14H2,1H3,(H,24,28)(H,25,26)(H,29,30)/t18-,21-/m1/s1. The first-order chi connectivity index (χ1) is 15.0. The molecule has 0 radical (unpaired) electrons. The first-order valence-electron chi connectivity index (χ1n) is 9.85. The number of benzene rings is 2.